The molecule has 9 heteroatoms. The molecule has 2 N–H and O–H groups in total. The normalized spacial score (nSPS) is 17.2. The molecule has 1 atom stereocenters. The van der Waals surface area contributed by atoms with E-state index >= 15 is 0 Å². The van der Waals surface area contributed by atoms with Crippen LogP contribution < -0.4 is 10.6 Å². The number of rotatable bonds is 6. The van der Waals surface area contributed by atoms with Crippen molar-refractivity contribution in [3.05, 3.63) is 18.2 Å². The lowest BCUT2D eigenvalue weighted by Crippen LogP contribution is -2.44. The molecule has 2 heterocycles. The van der Waals surface area contributed by atoms with Crippen molar-refractivity contribution in [2.24, 2.45) is 4.99 Å². The number of halogens is 1. The minimum Gasteiger partial charge on any atom is -0.444 e. The summed E-state index contributed by atoms with van der Waals surface area (Å²) < 4.78 is 7.50. The Hall–Kier alpha value is -1.52. The Kier molecular flexibility index (Phi) is 10.0. The summed E-state index contributed by atoms with van der Waals surface area (Å²) in [6.45, 7) is 11.1. The highest BCUT2D eigenvalue weighted by atomic mass is 127. The lowest BCUT2D eigenvalue weighted by molar-refractivity contribution is 0.0507. The smallest absolute Gasteiger partial charge is 0.407 e. The Balaban J connectivity index is 0.00000392. The number of carbonyl (C=O) groups is 1. The molecule has 1 aromatic rings. The van der Waals surface area contributed by atoms with E-state index in [1.807, 2.05) is 40.1 Å². The van der Waals surface area contributed by atoms with Crippen molar-refractivity contribution in [1.29, 1.82) is 0 Å². The predicted molar refractivity (Wildman–Crippen MR) is 122 cm³/mol. The van der Waals surface area contributed by atoms with Crippen molar-refractivity contribution >= 4 is 36.0 Å². The summed E-state index contributed by atoms with van der Waals surface area (Å²) in [7, 11) is 1.80. The number of hydrogen-bond donors (Lipinski definition) is 2. The number of imidazole rings is 1. The molecule has 2 rings (SSSR count). The standard InChI is InChI=1S/C19H34N6O2.HI/c1-15-21-10-13-24(15)11-7-6-9-22-17(20-5)25-12-8-16(14-25)23-18(26)27-19(2,3)4;/h10,13,16H,6-9,11-12,14H2,1-5H3,(H,20,22)(H,23,26);1H. The maximum atomic E-state index is 11.9. The molecule has 8 nitrogen and oxygen atoms in total. The molecule has 1 aliphatic rings. The summed E-state index contributed by atoms with van der Waals surface area (Å²) in [6, 6.07) is 0.0858. The number of amides is 1. The van der Waals surface area contributed by atoms with E-state index in [1.54, 1.807) is 7.05 Å². The number of ether oxygens (including phenoxy) is 1. The molecule has 1 saturated heterocycles. The van der Waals surface area contributed by atoms with Gasteiger partial charge in [0.1, 0.15) is 11.4 Å². The van der Waals surface area contributed by atoms with Gasteiger partial charge in [-0.05, 0) is 47.0 Å². The highest BCUT2D eigenvalue weighted by Crippen LogP contribution is 2.12. The first-order chi connectivity index (χ1) is 12.8. The van der Waals surface area contributed by atoms with Crippen LogP contribution in [0.4, 0.5) is 4.79 Å². The first kappa shape index (κ1) is 24.5. The van der Waals surface area contributed by atoms with Gasteiger partial charge < -0.3 is 24.8 Å². The third kappa shape index (κ3) is 8.24. The summed E-state index contributed by atoms with van der Waals surface area (Å²) in [6.07, 6.45) is 6.54. The summed E-state index contributed by atoms with van der Waals surface area (Å²) in [5, 5.41) is 6.37. The SMILES string of the molecule is CN=C(NCCCCn1ccnc1C)N1CCC(NC(=O)OC(C)(C)C)C1.I. The molecule has 0 radical (unpaired) electrons. The van der Waals surface area contributed by atoms with Crippen molar-refractivity contribution in [2.75, 3.05) is 26.7 Å². The summed E-state index contributed by atoms with van der Waals surface area (Å²) >= 11 is 0. The van der Waals surface area contributed by atoms with E-state index in [2.05, 4.69) is 30.1 Å². The van der Waals surface area contributed by atoms with Gasteiger partial charge in [0.2, 0.25) is 0 Å². The van der Waals surface area contributed by atoms with Crippen LogP contribution in [0.5, 0.6) is 0 Å². The molecule has 1 fully saturated rings. The number of hydrogen-bond acceptors (Lipinski definition) is 4. The lowest BCUT2D eigenvalue weighted by Gasteiger charge is -2.23. The number of aryl methyl sites for hydroxylation is 2. The molecule has 0 bridgehead atoms. The van der Waals surface area contributed by atoms with E-state index in [1.165, 1.54) is 0 Å². The van der Waals surface area contributed by atoms with E-state index in [9.17, 15) is 4.79 Å². The number of carbonyl (C=O) groups excluding carboxylic acids is 1. The van der Waals surface area contributed by atoms with Gasteiger partial charge in [-0.2, -0.15) is 0 Å². The van der Waals surface area contributed by atoms with E-state index in [0.717, 1.165) is 57.2 Å². The fraction of sp³-hybridized carbons (Fsp3) is 0.737. The average Bonchev–Trinajstić information content (AvgIpc) is 3.18. The van der Waals surface area contributed by atoms with Crippen molar-refractivity contribution in [2.45, 2.75) is 65.1 Å². The van der Waals surface area contributed by atoms with Gasteiger partial charge in [0.15, 0.2) is 5.96 Å². The van der Waals surface area contributed by atoms with Crippen molar-refractivity contribution in [3.63, 3.8) is 0 Å². The average molecular weight is 506 g/mol. The van der Waals surface area contributed by atoms with E-state index in [4.69, 9.17) is 4.74 Å². The van der Waals surface area contributed by atoms with Gasteiger partial charge in [-0.3, -0.25) is 4.99 Å². The second kappa shape index (κ2) is 11.5. The molecule has 1 unspecified atom stereocenters. The second-order valence-electron chi connectivity index (χ2n) is 7.93. The Morgan fingerprint density at radius 1 is 1.39 bits per heavy atom. The number of unbranched alkanes of at least 4 members (excludes halogenated alkanes) is 1. The predicted octanol–water partition coefficient (Wildman–Crippen LogP) is 2.76. The van der Waals surface area contributed by atoms with Crippen molar-refractivity contribution in [1.82, 2.24) is 25.1 Å². The Labute approximate surface area is 185 Å². The highest BCUT2D eigenvalue weighted by molar-refractivity contribution is 14.0. The molecular formula is C19H35IN6O2. The van der Waals surface area contributed by atoms with Crippen LogP contribution in [0.15, 0.2) is 17.4 Å². The first-order valence-electron chi connectivity index (χ1n) is 9.71. The van der Waals surface area contributed by atoms with E-state index < -0.39 is 5.60 Å². The van der Waals surface area contributed by atoms with E-state index in [-0.39, 0.29) is 36.1 Å². The lowest BCUT2D eigenvalue weighted by atomic mass is 10.2. The molecule has 0 saturated carbocycles. The zero-order valence-corrected chi connectivity index (χ0v) is 20.0. The maximum Gasteiger partial charge on any atom is 0.407 e. The molecular weight excluding hydrogens is 471 g/mol. The van der Waals surface area contributed by atoms with Crippen LogP contribution in [-0.2, 0) is 11.3 Å². The van der Waals surface area contributed by atoms with Gasteiger partial charge in [0.25, 0.3) is 0 Å². The number of alkyl carbamates (subject to hydrolysis) is 1. The number of nitrogens with zero attached hydrogens (tertiary/aromatic N) is 4. The zero-order valence-electron chi connectivity index (χ0n) is 17.7. The largest absolute Gasteiger partial charge is 0.444 e. The Morgan fingerprint density at radius 3 is 2.75 bits per heavy atom. The van der Waals surface area contributed by atoms with Crippen LogP contribution in [0, 0.1) is 6.92 Å². The van der Waals surface area contributed by atoms with Crippen LogP contribution in [0.25, 0.3) is 0 Å². The fourth-order valence-corrected chi connectivity index (χ4v) is 3.12. The molecule has 1 aliphatic heterocycles. The minimum atomic E-state index is -0.477. The Morgan fingerprint density at radius 2 is 2.14 bits per heavy atom. The number of guanidine groups is 1. The van der Waals surface area contributed by atoms with Crippen molar-refractivity contribution < 1.29 is 9.53 Å². The minimum absolute atomic E-state index is 0. The fourth-order valence-electron chi connectivity index (χ4n) is 3.12. The monoisotopic (exact) mass is 506 g/mol. The first-order valence-corrected chi connectivity index (χ1v) is 9.71. The molecule has 1 aromatic heterocycles. The molecule has 0 spiro atoms. The van der Waals surface area contributed by atoms with Gasteiger partial charge in [-0.15, -0.1) is 24.0 Å². The Bertz CT molecular complexity index is 641. The third-order valence-corrected chi connectivity index (χ3v) is 4.45. The highest BCUT2D eigenvalue weighted by Gasteiger charge is 2.27. The maximum absolute atomic E-state index is 11.9. The van der Waals surface area contributed by atoms with Gasteiger partial charge in [-0.1, -0.05) is 0 Å². The molecule has 28 heavy (non-hydrogen) atoms. The van der Waals surface area contributed by atoms with Gasteiger partial charge in [0.05, 0.1) is 6.04 Å². The van der Waals surface area contributed by atoms with Gasteiger partial charge in [0, 0.05) is 45.6 Å². The molecule has 1 amide bonds. The topological polar surface area (TPSA) is 83.8 Å². The summed E-state index contributed by atoms with van der Waals surface area (Å²) in [4.78, 5) is 22.7. The van der Waals surface area contributed by atoms with Gasteiger partial charge in [-0.25, -0.2) is 9.78 Å². The quantitative estimate of drug-likeness (QED) is 0.268. The number of aliphatic imine (C=N–C) groups is 1. The molecule has 160 valence electrons. The van der Waals surface area contributed by atoms with Crippen LogP contribution in [0.2, 0.25) is 0 Å². The number of aromatic nitrogens is 2. The van der Waals surface area contributed by atoms with Gasteiger partial charge >= 0.3 is 6.09 Å². The summed E-state index contributed by atoms with van der Waals surface area (Å²) in [5.74, 6) is 1.95. The number of likely N-dealkylation sites (tertiary alicyclic amines) is 1. The second-order valence-corrected chi connectivity index (χ2v) is 7.93. The zero-order chi connectivity index (χ0) is 19.9. The summed E-state index contributed by atoms with van der Waals surface area (Å²) in [5.41, 5.74) is -0.477. The van der Waals surface area contributed by atoms with Crippen LogP contribution in [-0.4, -0.2) is 64.8 Å². The third-order valence-electron chi connectivity index (χ3n) is 4.45. The number of nitrogens with one attached hydrogen (secondary N) is 2. The van der Waals surface area contributed by atoms with Crippen LogP contribution >= 0.6 is 24.0 Å². The van der Waals surface area contributed by atoms with Crippen LogP contribution in [0.3, 0.4) is 0 Å². The van der Waals surface area contributed by atoms with Crippen LogP contribution in [0.1, 0.15) is 45.9 Å². The van der Waals surface area contributed by atoms with E-state index in [0.29, 0.717) is 0 Å². The van der Waals surface area contributed by atoms with Crippen molar-refractivity contribution in [3.8, 4) is 0 Å². The molecule has 0 aliphatic carbocycles. The molecule has 0 aromatic carbocycles.